The van der Waals surface area contributed by atoms with Gasteiger partial charge >= 0.3 is 0 Å². The Bertz CT molecular complexity index is 492. The van der Waals surface area contributed by atoms with Crippen LogP contribution in [0, 0.1) is 6.92 Å². The fraction of sp³-hybridized carbons (Fsp3) is 0.333. The molecule has 0 fully saturated rings. The van der Waals surface area contributed by atoms with E-state index >= 15 is 0 Å². The molecule has 82 valence electrons. The molecule has 0 saturated heterocycles. The quantitative estimate of drug-likeness (QED) is 0.774. The topological polar surface area (TPSA) is 34.1 Å². The Labute approximate surface area is 91.6 Å². The maximum absolute atomic E-state index is 11.3. The number of sulfone groups is 1. The third-order valence-electron chi connectivity index (χ3n) is 2.11. The van der Waals surface area contributed by atoms with Crippen LogP contribution in [-0.4, -0.2) is 14.7 Å². The number of benzene rings is 1. The van der Waals surface area contributed by atoms with Crippen LogP contribution in [-0.2, 0) is 9.84 Å². The summed E-state index contributed by atoms with van der Waals surface area (Å²) < 4.78 is 22.6. The first-order chi connectivity index (χ1) is 6.80. The average molecular weight is 224 g/mol. The van der Waals surface area contributed by atoms with E-state index in [1.807, 2.05) is 32.9 Å². The first-order valence-electron chi connectivity index (χ1n) is 4.76. The Hall–Kier alpha value is -1.09. The Balaban J connectivity index is 3.27. The second kappa shape index (κ2) is 4.19. The van der Waals surface area contributed by atoms with Crippen molar-refractivity contribution in [2.45, 2.75) is 25.7 Å². The lowest BCUT2D eigenvalue weighted by Gasteiger charge is -2.04. The van der Waals surface area contributed by atoms with Gasteiger partial charge in [-0.25, -0.2) is 8.42 Å². The molecule has 0 bridgehead atoms. The zero-order chi connectivity index (χ0) is 11.6. The van der Waals surface area contributed by atoms with Gasteiger partial charge < -0.3 is 0 Å². The molecular weight excluding hydrogens is 208 g/mol. The molecule has 2 nitrogen and oxygen atoms in total. The van der Waals surface area contributed by atoms with Gasteiger partial charge in [-0.15, -0.1) is 0 Å². The standard InChI is InChI=1S/C12H16O2S/c1-9(2)7-11-5-6-12(8-10(11)3)15(4,13)14/h5-8H,1-4H3. The van der Waals surface area contributed by atoms with Crippen LogP contribution in [0.5, 0.6) is 0 Å². The van der Waals surface area contributed by atoms with Gasteiger partial charge in [0.1, 0.15) is 0 Å². The molecule has 0 spiro atoms. The highest BCUT2D eigenvalue weighted by molar-refractivity contribution is 7.90. The molecule has 0 aliphatic rings. The maximum Gasteiger partial charge on any atom is 0.175 e. The summed E-state index contributed by atoms with van der Waals surface area (Å²) in [5.74, 6) is 0. The summed E-state index contributed by atoms with van der Waals surface area (Å²) in [5, 5.41) is 0. The molecule has 1 aromatic carbocycles. The number of rotatable bonds is 2. The summed E-state index contributed by atoms with van der Waals surface area (Å²) in [4.78, 5) is 0.380. The van der Waals surface area contributed by atoms with Crippen molar-refractivity contribution >= 4 is 15.9 Å². The SMILES string of the molecule is CC(C)=Cc1ccc(S(C)(=O)=O)cc1C. The molecule has 1 rings (SSSR count). The average Bonchev–Trinajstić information content (AvgIpc) is 2.05. The molecule has 0 aliphatic heterocycles. The minimum absolute atomic E-state index is 0.380. The van der Waals surface area contributed by atoms with Gasteiger partial charge in [-0.1, -0.05) is 17.7 Å². The summed E-state index contributed by atoms with van der Waals surface area (Å²) in [6.45, 7) is 5.96. The zero-order valence-corrected chi connectivity index (χ0v) is 10.4. The van der Waals surface area contributed by atoms with Crippen LogP contribution in [0.15, 0.2) is 28.7 Å². The van der Waals surface area contributed by atoms with Gasteiger partial charge in [0.2, 0.25) is 0 Å². The number of hydrogen-bond donors (Lipinski definition) is 0. The van der Waals surface area contributed by atoms with Crippen molar-refractivity contribution < 1.29 is 8.42 Å². The Kier molecular flexibility index (Phi) is 3.35. The van der Waals surface area contributed by atoms with Crippen LogP contribution in [0.4, 0.5) is 0 Å². The Morgan fingerprint density at radius 2 is 1.87 bits per heavy atom. The lowest BCUT2D eigenvalue weighted by molar-refractivity contribution is 0.602. The van der Waals surface area contributed by atoms with Crippen molar-refractivity contribution in [2.24, 2.45) is 0 Å². The summed E-state index contributed by atoms with van der Waals surface area (Å²) >= 11 is 0. The second-order valence-corrected chi connectivity index (χ2v) is 6.03. The van der Waals surface area contributed by atoms with E-state index in [-0.39, 0.29) is 0 Å². The molecule has 0 N–H and O–H groups in total. The number of aryl methyl sites for hydroxylation is 1. The summed E-state index contributed by atoms with van der Waals surface area (Å²) in [6.07, 6.45) is 3.27. The molecule has 0 radical (unpaired) electrons. The van der Waals surface area contributed by atoms with Crippen molar-refractivity contribution in [3.05, 3.63) is 34.9 Å². The zero-order valence-electron chi connectivity index (χ0n) is 9.53. The van der Waals surface area contributed by atoms with Gasteiger partial charge in [0.15, 0.2) is 9.84 Å². The molecule has 0 atom stereocenters. The fourth-order valence-corrected chi connectivity index (χ4v) is 2.06. The van der Waals surface area contributed by atoms with Gasteiger partial charge in [-0.05, 0) is 44.0 Å². The monoisotopic (exact) mass is 224 g/mol. The van der Waals surface area contributed by atoms with Crippen molar-refractivity contribution in [2.75, 3.05) is 6.26 Å². The van der Waals surface area contributed by atoms with Gasteiger partial charge in [0.05, 0.1) is 4.90 Å². The fourth-order valence-electron chi connectivity index (χ4n) is 1.35. The number of allylic oxidation sites excluding steroid dienone is 1. The largest absolute Gasteiger partial charge is 0.224 e. The minimum atomic E-state index is -3.09. The van der Waals surface area contributed by atoms with Crippen LogP contribution in [0.25, 0.3) is 6.08 Å². The maximum atomic E-state index is 11.3. The summed E-state index contributed by atoms with van der Waals surface area (Å²) in [5.41, 5.74) is 3.26. The van der Waals surface area contributed by atoms with E-state index in [9.17, 15) is 8.42 Å². The Morgan fingerprint density at radius 3 is 2.27 bits per heavy atom. The summed E-state index contributed by atoms with van der Waals surface area (Å²) in [6, 6.07) is 5.21. The molecule has 0 unspecified atom stereocenters. The van der Waals surface area contributed by atoms with Crippen molar-refractivity contribution in [1.82, 2.24) is 0 Å². The van der Waals surface area contributed by atoms with Crippen molar-refractivity contribution in [1.29, 1.82) is 0 Å². The first-order valence-corrected chi connectivity index (χ1v) is 6.65. The Morgan fingerprint density at radius 1 is 1.27 bits per heavy atom. The van der Waals surface area contributed by atoms with E-state index in [2.05, 4.69) is 0 Å². The second-order valence-electron chi connectivity index (χ2n) is 4.01. The normalized spacial score (nSPS) is 11.2. The lowest BCUT2D eigenvalue weighted by Crippen LogP contribution is -1.97. The van der Waals surface area contributed by atoms with E-state index in [0.717, 1.165) is 11.1 Å². The highest BCUT2D eigenvalue weighted by Crippen LogP contribution is 2.17. The summed E-state index contributed by atoms with van der Waals surface area (Å²) in [7, 11) is -3.09. The molecular formula is C12H16O2S. The van der Waals surface area contributed by atoms with Crippen LogP contribution in [0.1, 0.15) is 25.0 Å². The minimum Gasteiger partial charge on any atom is -0.224 e. The molecule has 0 aliphatic carbocycles. The predicted octanol–water partition coefficient (Wildman–Crippen LogP) is 2.82. The lowest BCUT2D eigenvalue weighted by atomic mass is 10.1. The van der Waals surface area contributed by atoms with Crippen molar-refractivity contribution in [3.63, 3.8) is 0 Å². The molecule has 0 saturated carbocycles. The molecule has 0 amide bonds. The molecule has 15 heavy (non-hydrogen) atoms. The molecule has 1 aromatic rings. The third-order valence-corrected chi connectivity index (χ3v) is 3.22. The van der Waals surface area contributed by atoms with E-state index in [1.54, 1.807) is 12.1 Å². The highest BCUT2D eigenvalue weighted by Gasteiger charge is 2.07. The van der Waals surface area contributed by atoms with Gasteiger partial charge in [-0.3, -0.25) is 0 Å². The predicted molar refractivity (Wildman–Crippen MR) is 63.6 cm³/mol. The van der Waals surface area contributed by atoms with E-state index in [1.165, 1.54) is 11.8 Å². The first kappa shape index (κ1) is 12.0. The molecule has 0 aromatic heterocycles. The molecule has 0 heterocycles. The van der Waals surface area contributed by atoms with E-state index in [0.29, 0.717) is 4.90 Å². The van der Waals surface area contributed by atoms with Crippen molar-refractivity contribution in [3.8, 4) is 0 Å². The van der Waals surface area contributed by atoms with Crippen LogP contribution in [0.2, 0.25) is 0 Å². The van der Waals surface area contributed by atoms with Gasteiger partial charge in [0, 0.05) is 6.26 Å². The van der Waals surface area contributed by atoms with Crippen LogP contribution < -0.4 is 0 Å². The number of hydrogen-bond acceptors (Lipinski definition) is 2. The van der Waals surface area contributed by atoms with Crippen LogP contribution in [0.3, 0.4) is 0 Å². The third kappa shape index (κ3) is 3.20. The van der Waals surface area contributed by atoms with E-state index < -0.39 is 9.84 Å². The smallest absolute Gasteiger partial charge is 0.175 e. The van der Waals surface area contributed by atoms with Gasteiger partial charge in [-0.2, -0.15) is 0 Å². The highest BCUT2D eigenvalue weighted by atomic mass is 32.2. The molecule has 3 heteroatoms. The van der Waals surface area contributed by atoms with Crippen LogP contribution >= 0.6 is 0 Å². The van der Waals surface area contributed by atoms with E-state index in [4.69, 9.17) is 0 Å². The van der Waals surface area contributed by atoms with Gasteiger partial charge in [0.25, 0.3) is 0 Å².